The lowest BCUT2D eigenvalue weighted by Gasteiger charge is -2.04. The van der Waals surface area contributed by atoms with Gasteiger partial charge in [-0.1, -0.05) is 24.9 Å². The van der Waals surface area contributed by atoms with Crippen LogP contribution in [-0.2, 0) is 9.63 Å². The molecule has 0 saturated heterocycles. The molecule has 0 heterocycles. The molecule has 16 heavy (non-hydrogen) atoms. The number of hydrogen-bond acceptors (Lipinski definition) is 3. The highest BCUT2D eigenvalue weighted by Crippen LogP contribution is 1.94. The molecule has 0 atom stereocenters. The summed E-state index contributed by atoms with van der Waals surface area (Å²) in [5, 5.41) is 6.68. The number of hydrogen-bond donors (Lipinski definition) is 1. The van der Waals surface area contributed by atoms with E-state index in [1.54, 1.807) is 0 Å². The summed E-state index contributed by atoms with van der Waals surface area (Å²) in [6.45, 7) is 7.20. The zero-order valence-electron chi connectivity index (χ0n) is 10.7. The van der Waals surface area contributed by atoms with Gasteiger partial charge in [0.2, 0.25) is 5.91 Å². The molecular formula is C12H24N2O2. The van der Waals surface area contributed by atoms with Gasteiger partial charge in [-0.2, -0.15) is 0 Å². The first-order chi connectivity index (χ1) is 7.66. The summed E-state index contributed by atoms with van der Waals surface area (Å²) in [7, 11) is 0. The summed E-state index contributed by atoms with van der Waals surface area (Å²) in [6, 6.07) is 0. The van der Waals surface area contributed by atoms with E-state index >= 15 is 0 Å². The normalized spacial score (nSPS) is 9.69. The summed E-state index contributed by atoms with van der Waals surface area (Å²) in [5.74, 6) is 0.108. The number of unbranched alkanes of at least 4 members (excludes halogenated alkanes) is 2. The van der Waals surface area contributed by atoms with E-state index in [0.29, 0.717) is 13.0 Å². The first-order valence-corrected chi connectivity index (χ1v) is 6.06. The molecular weight excluding hydrogens is 204 g/mol. The minimum atomic E-state index is 0.108. The van der Waals surface area contributed by atoms with Crippen molar-refractivity contribution in [2.75, 3.05) is 13.2 Å². The number of carbonyl (C=O) groups excluding carboxylic acids is 1. The predicted octanol–water partition coefficient (Wildman–Crippen LogP) is 2.49. The van der Waals surface area contributed by atoms with E-state index in [0.717, 1.165) is 25.1 Å². The van der Waals surface area contributed by atoms with Gasteiger partial charge in [-0.3, -0.25) is 4.79 Å². The summed E-state index contributed by atoms with van der Waals surface area (Å²) < 4.78 is 0. The second kappa shape index (κ2) is 10.5. The van der Waals surface area contributed by atoms with Crippen LogP contribution in [-0.4, -0.2) is 24.8 Å². The third kappa shape index (κ3) is 11.0. The maximum atomic E-state index is 11.3. The highest BCUT2D eigenvalue weighted by molar-refractivity contribution is 5.78. The largest absolute Gasteiger partial charge is 0.396 e. The number of carbonyl (C=O) groups is 1. The molecule has 0 spiro atoms. The third-order valence-corrected chi connectivity index (χ3v) is 1.99. The summed E-state index contributed by atoms with van der Waals surface area (Å²) in [4.78, 5) is 16.3. The van der Waals surface area contributed by atoms with Crippen molar-refractivity contribution in [3.63, 3.8) is 0 Å². The van der Waals surface area contributed by atoms with Crippen molar-refractivity contribution < 1.29 is 9.63 Å². The van der Waals surface area contributed by atoms with Gasteiger partial charge in [-0.15, -0.1) is 0 Å². The van der Waals surface area contributed by atoms with Gasteiger partial charge in [0.1, 0.15) is 6.61 Å². The monoisotopic (exact) mass is 228 g/mol. The van der Waals surface area contributed by atoms with Crippen LogP contribution in [0.5, 0.6) is 0 Å². The highest BCUT2D eigenvalue weighted by atomic mass is 16.6. The van der Waals surface area contributed by atoms with Crippen molar-refractivity contribution in [2.24, 2.45) is 5.16 Å². The van der Waals surface area contributed by atoms with Crippen molar-refractivity contribution in [2.45, 2.75) is 52.9 Å². The zero-order chi connectivity index (χ0) is 12.2. The number of rotatable bonds is 9. The SMILES string of the molecule is CCCCCNC(=O)CCCON=C(C)C. The fraction of sp³-hybridized carbons (Fsp3) is 0.833. The van der Waals surface area contributed by atoms with Gasteiger partial charge in [0.15, 0.2) is 0 Å². The fourth-order valence-electron chi connectivity index (χ4n) is 1.16. The van der Waals surface area contributed by atoms with Crippen LogP contribution in [0, 0.1) is 0 Å². The van der Waals surface area contributed by atoms with Gasteiger partial charge in [0, 0.05) is 13.0 Å². The molecule has 0 aromatic carbocycles. The molecule has 4 nitrogen and oxygen atoms in total. The summed E-state index contributed by atoms with van der Waals surface area (Å²) in [5.41, 5.74) is 0.893. The van der Waals surface area contributed by atoms with Crippen molar-refractivity contribution in [1.82, 2.24) is 5.32 Å². The molecule has 0 aliphatic carbocycles. The Kier molecular flexibility index (Phi) is 9.76. The first kappa shape index (κ1) is 14.9. The molecule has 1 amide bonds. The van der Waals surface area contributed by atoms with Crippen molar-refractivity contribution in [1.29, 1.82) is 0 Å². The van der Waals surface area contributed by atoms with E-state index in [1.165, 1.54) is 12.8 Å². The molecule has 4 heteroatoms. The molecule has 0 radical (unpaired) electrons. The van der Waals surface area contributed by atoms with Crippen molar-refractivity contribution in [3.8, 4) is 0 Å². The molecule has 0 aliphatic rings. The van der Waals surface area contributed by atoms with Crippen LogP contribution < -0.4 is 5.32 Å². The number of oxime groups is 1. The predicted molar refractivity (Wildman–Crippen MR) is 66.5 cm³/mol. The Morgan fingerprint density at radius 1 is 1.25 bits per heavy atom. The summed E-state index contributed by atoms with van der Waals surface area (Å²) in [6.07, 6.45) is 4.66. The van der Waals surface area contributed by atoms with Crippen LogP contribution in [0.25, 0.3) is 0 Å². The Labute approximate surface area is 98.4 Å². The average molecular weight is 228 g/mol. The van der Waals surface area contributed by atoms with E-state index in [4.69, 9.17) is 4.84 Å². The molecule has 94 valence electrons. The molecule has 0 bridgehead atoms. The molecule has 0 aliphatic heterocycles. The lowest BCUT2D eigenvalue weighted by Crippen LogP contribution is -2.24. The van der Waals surface area contributed by atoms with Gasteiger partial charge in [0.05, 0.1) is 5.71 Å². The van der Waals surface area contributed by atoms with E-state index in [2.05, 4.69) is 17.4 Å². The lowest BCUT2D eigenvalue weighted by molar-refractivity contribution is -0.121. The van der Waals surface area contributed by atoms with Gasteiger partial charge in [-0.05, 0) is 26.7 Å². The summed E-state index contributed by atoms with van der Waals surface area (Å²) >= 11 is 0. The smallest absolute Gasteiger partial charge is 0.220 e. The molecule has 0 aromatic heterocycles. The molecule has 0 unspecified atom stereocenters. The Balaban J connectivity index is 3.27. The minimum Gasteiger partial charge on any atom is -0.396 e. The molecule has 1 N–H and O–H groups in total. The van der Waals surface area contributed by atoms with Gasteiger partial charge in [0.25, 0.3) is 0 Å². The number of nitrogens with zero attached hydrogens (tertiary/aromatic N) is 1. The van der Waals surface area contributed by atoms with E-state index in [-0.39, 0.29) is 5.91 Å². The molecule has 0 aromatic rings. The quantitative estimate of drug-likeness (QED) is 0.374. The first-order valence-electron chi connectivity index (χ1n) is 6.06. The zero-order valence-corrected chi connectivity index (χ0v) is 10.7. The average Bonchev–Trinajstić information content (AvgIpc) is 2.23. The Bertz CT molecular complexity index is 211. The van der Waals surface area contributed by atoms with Crippen LogP contribution in [0.4, 0.5) is 0 Å². The van der Waals surface area contributed by atoms with E-state index in [9.17, 15) is 4.79 Å². The van der Waals surface area contributed by atoms with Crippen LogP contribution in [0.1, 0.15) is 52.9 Å². The standard InChI is InChI=1S/C12H24N2O2/c1-4-5-6-9-13-12(15)8-7-10-16-14-11(2)3/h4-10H2,1-3H3,(H,13,15). The Morgan fingerprint density at radius 2 is 2.00 bits per heavy atom. The van der Waals surface area contributed by atoms with Gasteiger partial charge in [-0.25, -0.2) is 0 Å². The number of amides is 1. The van der Waals surface area contributed by atoms with E-state index in [1.807, 2.05) is 13.8 Å². The molecule has 0 saturated carbocycles. The van der Waals surface area contributed by atoms with Crippen molar-refractivity contribution >= 4 is 11.6 Å². The van der Waals surface area contributed by atoms with Crippen LogP contribution in [0.3, 0.4) is 0 Å². The van der Waals surface area contributed by atoms with Gasteiger partial charge >= 0.3 is 0 Å². The second-order valence-corrected chi connectivity index (χ2v) is 4.03. The Hall–Kier alpha value is -1.06. The van der Waals surface area contributed by atoms with E-state index < -0.39 is 0 Å². The topological polar surface area (TPSA) is 50.7 Å². The minimum absolute atomic E-state index is 0.108. The fourth-order valence-corrected chi connectivity index (χ4v) is 1.16. The molecule has 0 fully saturated rings. The van der Waals surface area contributed by atoms with Crippen molar-refractivity contribution in [3.05, 3.63) is 0 Å². The Morgan fingerprint density at radius 3 is 2.62 bits per heavy atom. The van der Waals surface area contributed by atoms with Crippen LogP contribution >= 0.6 is 0 Å². The van der Waals surface area contributed by atoms with Crippen LogP contribution in [0.15, 0.2) is 5.16 Å². The highest BCUT2D eigenvalue weighted by Gasteiger charge is 1.99. The lowest BCUT2D eigenvalue weighted by atomic mass is 10.2. The molecule has 0 rings (SSSR count). The maximum absolute atomic E-state index is 11.3. The van der Waals surface area contributed by atoms with Crippen LogP contribution in [0.2, 0.25) is 0 Å². The van der Waals surface area contributed by atoms with Gasteiger partial charge < -0.3 is 10.2 Å². The number of nitrogens with one attached hydrogen (secondary N) is 1. The third-order valence-electron chi connectivity index (χ3n) is 1.99. The second-order valence-electron chi connectivity index (χ2n) is 4.03. The maximum Gasteiger partial charge on any atom is 0.220 e.